The monoisotopic (exact) mass is 453 g/mol. The summed E-state index contributed by atoms with van der Waals surface area (Å²) < 4.78 is 28.9. The number of nitrogens with two attached hydrogens (primary N) is 1. The average molecular weight is 453 g/mol. The molecule has 0 saturated heterocycles. The highest BCUT2D eigenvalue weighted by Crippen LogP contribution is 2.34. The number of fused-ring (bicyclic) bond motifs is 1. The Hall–Kier alpha value is -4.15. The maximum absolute atomic E-state index is 13.8. The number of nitrogen functional groups attached to an aromatic ring is 1. The van der Waals surface area contributed by atoms with E-state index in [2.05, 4.69) is 25.4 Å². The number of rotatable bonds is 6. The fraction of sp³-hybridized carbons (Fsp3) is 0.227. The minimum Gasteiger partial charge on any atom is -0.465 e. The molecule has 33 heavy (non-hydrogen) atoms. The molecule has 0 aliphatic carbocycles. The zero-order valence-corrected chi connectivity index (χ0v) is 17.8. The number of carboxylic acid groups (broad SMARTS) is 1. The molecule has 0 bridgehead atoms. The number of amides is 1. The Bertz CT molecular complexity index is 1300. The topological polar surface area (TPSA) is 131 Å². The molecule has 1 aromatic carbocycles. The molecule has 170 valence electrons. The van der Waals surface area contributed by atoms with Gasteiger partial charge in [-0.2, -0.15) is 14.6 Å². The Morgan fingerprint density at radius 1 is 1.18 bits per heavy atom. The van der Waals surface area contributed by atoms with Gasteiger partial charge in [-0.25, -0.2) is 18.6 Å². The summed E-state index contributed by atoms with van der Waals surface area (Å²) in [6, 6.07) is 5.68. The molecule has 11 heteroatoms. The van der Waals surface area contributed by atoms with Crippen LogP contribution >= 0.6 is 0 Å². The van der Waals surface area contributed by atoms with E-state index in [0.29, 0.717) is 11.1 Å². The molecule has 4 rings (SSSR count). The van der Waals surface area contributed by atoms with Gasteiger partial charge in [-0.05, 0) is 36.1 Å². The third-order valence-corrected chi connectivity index (χ3v) is 5.15. The largest absolute Gasteiger partial charge is 0.465 e. The van der Waals surface area contributed by atoms with E-state index >= 15 is 0 Å². The first-order valence-electron chi connectivity index (χ1n) is 10.1. The van der Waals surface area contributed by atoms with E-state index in [1.54, 1.807) is 6.20 Å². The first kappa shape index (κ1) is 22.1. The zero-order chi connectivity index (χ0) is 23.7. The molecule has 0 radical (unpaired) electrons. The van der Waals surface area contributed by atoms with Crippen LogP contribution in [-0.4, -0.2) is 35.8 Å². The van der Waals surface area contributed by atoms with Crippen molar-refractivity contribution in [3.63, 3.8) is 0 Å². The van der Waals surface area contributed by atoms with Gasteiger partial charge in [-0.3, -0.25) is 4.98 Å². The van der Waals surface area contributed by atoms with Gasteiger partial charge in [0.15, 0.2) is 0 Å². The number of nitrogens with zero attached hydrogens (tertiary/aromatic N) is 5. The molecule has 0 aliphatic heterocycles. The molecule has 4 aromatic rings. The van der Waals surface area contributed by atoms with Crippen molar-refractivity contribution in [2.24, 2.45) is 0 Å². The van der Waals surface area contributed by atoms with Gasteiger partial charge in [0.2, 0.25) is 0 Å². The van der Waals surface area contributed by atoms with Gasteiger partial charge in [0.25, 0.3) is 5.78 Å². The predicted octanol–water partition coefficient (Wildman–Crippen LogP) is 3.72. The number of halogens is 2. The van der Waals surface area contributed by atoms with Crippen molar-refractivity contribution >= 4 is 17.7 Å². The van der Waals surface area contributed by atoms with E-state index in [0.717, 1.165) is 23.9 Å². The van der Waals surface area contributed by atoms with E-state index in [1.807, 2.05) is 26.0 Å². The summed E-state index contributed by atoms with van der Waals surface area (Å²) >= 11 is 0. The SMILES string of the molecule is CC(C)c1ccc(-c2c(C(Cc3cc(F)cc(F)c3)NC(=O)O)nc3ncnn3c2N)cn1. The number of carbonyl (C=O) groups is 1. The van der Waals surface area contributed by atoms with E-state index < -0.39 is 23.8 Å². The minimum absolute atomic E-state index is 0.0811. The highest BCUT2D eigenvalue weighted by molar-refractivity contribution is 5.78. The fourth-order valence-electron chi connectivity index (χ4n) is 3.65. The number of pyridine rings is 1. The summed E-state index contributed by atoms with van der Waals surface area (Å²) in [6.07, 6.45) is 1.47. The predicted molar refractivity (Wildman–Crippen MR) is 116 cm³/mol. The third kappa shape index (κ3) is 4.56. The lowest BCUT2D eigenvalue weighted by Crippen LogP contribution is -2.30. The summed E-state index contributed by atoms with van der Waals surface area (Å²) in [5, 5.41) is 15.9. The van der Waals surface area contributed by atoms with Crippen molar-refractivity contribution in [3.8, 4) is 11.1 Å². The molecule has 3 aromatic heterocycles. The van der Waals surface area contributed by atoms with E-state index in [-0.39, 0.29) is 35.2 Å². The van der Waals surface area contributed by atoms with Crippen molar-refractivity contribution in [2.45, 2.75) is 32.2 Å². The van der Waals surface area contributed by atoms with Crippen molar-refractivity contribution < 1.29 is 18.7 Å². The normalized spacial score (nSPS) is 12.3. The van der Waals surface area contributed by atoms with Crippen LogP contribution in [0.4, 0.5) is 19.4 Å². The fourth-order valence-corrected chi connectivity index (χ4v) is 3.65. The Balaban J connectivity index is 1.90. The van der Waals surface area contributed by atoms with Crippen molar-refractivity contribution in [1.82, 2.24) is 29.9 Å². The molecule has 0 aliphatic rings. The van der Waals surface area contributed by atoms with Crippen LogP contribution in [0.15, 0.2) is 42.9 Å². The molecule has 1 unspecified atom stereocenters. The quantitative estimate of drug-likeness (QED) is 0.405. The summed E-state index contributed by atoms with van der Waals surface area (Å²) in [6.45, 7) is 4.02. The molecule has 3 heterocycles. The third-order valence-electron chi connectivity index (χ3n) is 5.15. The van der Waals surface area contributed by atoms with Crippen LogP contribution in [0.3, 0.4) is 0 Å². The van der Waals surface area contributed by atoms with Crippen molar-refractivity contribution in [1.29, 1.82) is 0 Å². The minimum atomic E-state index is -1.34. The number of aromatic nitrogens is 5. The molecule has 0 spiro atoms. The van der Waals surface area contributed by atoms with Crippen LogP contribution in [0.5, 0.6) is 0 Å². The standard InChI is InChI=1S/C22H21F2N7O2/c1-11(2)16-4-3-13(9-26-16)18-19(30-21-27-10-28-31(21)20(18)25)17(29-22(32)33)7-12-5-14(23)8-15(24)6-12/h3-6,8-11,17,29H,7,25H2,1-2H3,(H,32,33). The Labute approximate surface area is 187 Å². The number of hydrogen-bond donors (Lipinski definition) is 3. The van der Waals surface area contributed by atoms with Crippen LogP contribution in [0.25, 0.3) is 16.9 Å². The second kappa shape index (κ2) is 8.77. The van der Waals surface area contributed by atoms with Crippen LogP contribution < -0.4 is 11.1 Å². The molecule has 4 N–H and O–H groups in total. The van der Waals surface area contributed by atoms with Crippen molar-refractivity contribution in [3.05, 3.63) is 71.4 Å². The van der Waals surface area contributed by atoms with Gasteiger partial charge in [-0.1, -0.05) is 19.9 Å². The Morgan fingerprint density at radius 3 is 2.52 bits per heavy atom. The number of benzene rings is 1. The maximum atomic E-state index is 13.8. The van der Waals surface area contributed by atoms with Gasteiger partial charge in [0, 0.05) is 29.1 Å². The number of hydrogen-bond acceptors (Lipinski definition) is 6. The Morgan fingerprint density at radius 2 is 1.91 bits per heavy atom. The van der Waals surface area contributed by atoms with Gasteiger partial charge < -0.3 is 16.2 Å². The first-order chi connectivity index (χ1) is 15.7. The number of nitrogens with one attached hydrogen (secondary N) is 1. The maximum Gasteiger partial charge on any atom is 0.405 e. The summed E-state index contributed by atoms with van der Waals surface area (Å²) in [4.78, 5) is 24.6. The molecule has 0 fully saturated rings. The highest BCUT2D eigenvalue weighted by Gasteiger charge is 2.26. The molecule has 0 saturated carbocycles. The lowest BCUT2D eigenvalue weighted by atomic mass is 9.96. The highest BCUT2D eigenvalue weighted by atomic mass is 19.1. The van der Waals surface area contributed by atoms with Gasteiger partial charge >= 0.3 is 6.09 Å². The lowest BCUT2D eigenvalue weighted by molar-refractivity contribution is 0.189. The van der Waals surface area contributed by atoms with E-state index in [4.69, 9.17) is 5.73 Å². The van der Waals surface area contributed by atoms with Gasteiger partial charge in [0.1, 0.15) is 23.8 Å². The summed E-state index contributed by atoms with van der Waals surface area (Å²) in [5.41, 5.74) is 8.72. The van der Waals surface area contributed by atoms with Crippen LogP contribution in [-0.2, 0) is 6.42 Å². The Kier molecular flexibility index (Phi) is 5.86. The molecule has 1 amide bonds. The van der Waals surface area contributed by atoms with Crippen LogP contribution in [0.1, 0.15) is 42.8 Å². The van der Waals surface area contributed by atoms with Crippen molar-refractivity contribution in [2.75, 3.05) is 5.73 Å². The first-order valence-corrected chi connectivity index (χ1v) is 10.1. The van der Waals surface area contributed by atoms with Crippen LogP contribution in [0, 0.1) is 11.6 Å². The van der Waals surface area contributed by atoms with E-state index in [9.17, 15) is 18.7 Å². The number of anilines is 1. The molecule has 9 nitrogen and oxygen atoms in total. The molecule has 1 atom stereocenters. The van der Waals surface area contributed by atoms with Crippen LogP contribution in [0.2, 0.25) is 0 Å². The second-order valence-electron chi connectivity index (χ2n) is 7.84. The summed E-state index contributed by atoms with van der Waals surface area (Å²) in [7, 11) is 0. The lowest BCUT2D eigenvalue weighted by Gasteiger charge is -2.21. The molecular weight excluding hydrogens is 432 g/mol. The molecular formula is C22H21F2N7O2. The average Bonchev–Trinajstić information content (AvgIpc) is 3.21. The smallest absolute Gasteiger partial charge is 0.405 e. The van der Waals surface area contributed by atoms with E-state index in [1.165, 1.54) is 10.8 Å². The van der Waals surface area contributed by atoms with Gasteiger partial charge in [0.05, 0.1) is 11.7 Å². The second-order valence-corrected chi connectivity index (χ2v) is 7.84. The summed E-state index contributed by atoms with van der Waals surface area (Å²) in [5.74, 6) is -1.01. The van der Waals surface area contributed by atoms with Gasteiger partial charge in [-0.15, -0.1) is 0 Å². The zero-order valence-electron chi connectivity index (χ0n) is 17.8.